The van der Waals surface area contributed by atoms with E-state index in [1.54, 1.807) is 18.2 Å². The number of nitrogens with zero attached hydrogens (tertiary/aromatic N) is 1. The van der Waals surface area contributed by atoms with E-state index in [-0.39, 0.29) is 22.8 Å². The van der Waals surface area contributed by atoms with Crippen LogP contribution in [0.5, 0.6) is 0 Å². The lowest BCUT2D eigenvalue weighted by Crippen LogP contribution is -2.31. The predicted molar refractivity (Wildman–Crippen MR) is 74.5 cm³/mol. The van der Waals surface area contributed by atoms with Gasteiger partial charge >= 0.3 is 0 Å². The SMILES string of the molecule is O=C1CSC2c3ccc(F)cc3-c3cccc(F)c3N12. The number of anilines is 1. The molecular formula is C15H9F2NOS. The number of halogens is 2. The van der Waals surface area contributed by atoms with E-state index in [9.17, 15) is 13.6 Å². The van der Waals surface area contributed by atoms with Gasteiger partial charge in [0.05, 0.1) is 11.4 Å². The summed E-state index contributed by atoms with van der Waals surface area (Å²) in [6.07, 6.45) is 0. The van der Waals surface area contributed by atoms with Gasteiger partial charge in [0, 0.05) is 5.56 Å². The van der Waals surface area contributed by atoms with E-state index >= 15 is 0 Å². The summed E-state index contributed by atoms with van der Waals surface area (Å²) in [6.45, 7) is 0. The summed E-state index contributed by atoms with van der Waals surface area (Å²) in [7, 11) is 0. The molecule has 1 fully saturated rings. The Morgan fingerprint density at radius 2 is 2.00 bits per heavy atom. The van der Waals surface area contributed by atoms with E-state index in [0.29, 0.717) is 16.9 Å². The average molecular weight is 289 g/mol. The van der Waals surface area contributed by atoms with Crippen LogP contribution in [-0.4, -0.2) is 11.7 Å². The van der Waals surface area contributed by atoms with Crippen molar-refractivity contribution in [2.24, 2.45) is 0 Å². The summed E-state index contributed by atoms with van der Waals surface area (Å²) >= 11 is 1.44. The van der Waals surface area contributed by atoms with Gasteiger partial charge < -0.3 is 0 Å². The minimum Gasteiger partial charge on any atom is -0.291 e. The molecule has 0 aromatic heterocycles. The van der Waals surface area contributed by atoms with Gasteiger partial charge in [0.1, 0.15) is 17.0 Å². The number of benzene rings is 2. The molecule has 0 N–H and O–H groups in total. The molecule has 2 aromatic carbocycles. The summed E-state index contributed by atoms with van der Waals surface area (Å²) in [6, 6.07) is 9.11. The van der Waals surface area contributed by atoms with Gasteiger partial charge in [-0.25, -0.2) is 8.78 Å². The van der Waals surface area contributed by atoms with Gasteiger partial charge in [0.25, 0.3) is 0 Å². The lowest BCUT2D eigenvalue weighted by molar-refractivity contribution is -0.115. The second kappa shape index (κ2) is 4.06. The Hall–Kier alpha value is -1.88. The van der Waals surface area contributed by atoms with Crippen LogP contribution >= 0.6 is 11.8 Å². The molecule has 0 aliphatic carbocycles. The molecule has 1 amide bonds. The normalized spacial score (nSPS) is 19.6. The Morgan fingerprint density at radius 3 is 2.85 bits per heavy atom. The van der Waals surface area contributed by atoms with Crippen LogP contribution < -0.4 is 4.90 Å². The third-order valence-corrected chi connectivity index (χ3v) is 4.86. The van der Waals surface area contributed by atoms with Gasteiger partial charge in [-0.1, -0.05) is 18.2 Å². The first-order valence-electron chi connectivity index (χ1n) is 6.19. The fourth-order valence-corrected chi connectivity index (χ4v) is 4.05. The summed E-state index contributed by atoms with van der Waals surface area (Å²) in [5, 5.41) is -0.262. The van der Waals surface area contributed by atoms with Gasteiger partial charge in [-0.2, -0.15) is 0 Å². The van der Waals surface area contributed by atoms with Crippen molar-refractivity contribution in [1.82, 2.24) is 0 Å². The Morgan fingerprint density at radius 1 is 1.15 bits per heavy atom. The van der Waals surface area contributed by atoms with Crippen LogP contribution in [0.4, 0.5) is 14.5 Å². The molecule has 1 unspecified atom stereocenters. The van der Waals surface area contributed by atoms with E-state index in [1.165, 1.54) is 34.9 Å². The van der Waals surface area contributed by atoms with E-state index < -0.39 is 5.82 Å². The van der Waals surface area contributed by atoms with Crippen molar-refractivity contribution in [3.05, 3.63) is 53.6 Å². The van der Waals surface area contributed by atoms with Crippen LogP contribution in [0.15, 0.2) is 36.4 Å². The minimum atomic E-state index is -0.446. The second-order valence-corrected chi connectivity index (χ2v) is 5.86. The molecule has 100 valence electrons. The second-order valence-electron chi connectivity index (χ2n) is 4.79. The third-order valence-electron chi connectivity index (χ3n) is 3.67. The summed E-state index contributed by atoms with van der Waals surface area (Å²) in [4.78, 5) is 13.6. The fourth-order valence-electron chi connectivity index (χ4n) is 2.85. The summed E-state index contributed by atoms with van der Waals surface area (Å²) in [5.74, 6) is -0.601. The lowest BCUT2D eigenvalue weighted by Gasteiger charge is -2.33. The lowest BCUT2D eigenvalue weighted by atomic mass is 9.93. The number of rotatable bonds is 0. The van der Waals surface area contributed by atoms with Crippen LogP contribution in [0.2, 0.25) is 0 Å². The zero-order valence-corrected chi connectivity index (χ0v) is 11.1. The van der Waals surface area contributed by atoms with Gasteiger partial charge in [0.2, 0.25) is 5.91 Å². The number of carbonyl (C=O) groups excluding carboxylic acids is 1. The maximum absolute atomic E-state index is 14.2. The first kappa shape index (κ1) is 11.9. The van der Waals surface area contributed by atoms with E-state index in [1.807, 2.05) is 0 Å². The molecule has 4 rings (SSSR count). The number of hydrogen-bond acceptors (Lipinski definition) is 2. The Labute approximate surface area is 118 Å². The molecule has 0 saturated carbocycles. The summed E-state index contributed by atoms with van der Waals surface area (Å²) in [5.41, 5.74) is 2.38. The number of amides is 1. The molecule has 0 radical (unpaired) electrons. The van der Waals surface area contributed by atoms with Crippen LogP contribution in [-0.2, 0) is 4.79 Å². The van der Waals surface area contributed by atoms with E-state index in [4.69, 9.17) is 0 Å². The zero-order chi connectivity index (χ0) is 13.9. The van der Waals surface area contributed by atoms with Crippen molar-refractivity contribution in [3.63, 3.8) is 0 Å². The molecule has 1 saturated heterocycles. The van der Waals surface area contributed by atoms with Crippen LogP contribution in [0.25, 0.3) is 11.1 Å². The molecule has 0 bridgehead atoms. The fraction of sp³-hybridized carbons (Fsp3) is 0.133. The number of fused-ring (bicyclic) bond motifs is 6. The minimum absolute atomic E-state index is 0.110. The molecule has 2 aliphatic rings. The monoisotopic (exact) mass is 289 g/mol. The highest BCUT2D eigenvalue weighted by Crippen LogP contribution is 2.52. The smallest absolute Gasteiger partial charge is 0.238 e. The van der Waals surface area contributed by atoms with E-state index in [0.717, 1.165) is 5.56 Å². The van der Waals surface area contributed by atoms with Gasteiger partial charge in [-0.15, -0.1) is 11.8 Å². The van der Waals surface area contributed by atoms with Crippen molar-refractivity contribution < 1.29 is 13.6 Å². The number of hydrogen-bond donors (Lipinski definition) is 0. The highest BCUT2D eigenvalue weighted by Gasteiger charge is 2.41. The number of para-hydroxylation sites is 1. The molecular weight excluding hydrogens is 280 g/mol. The van der Waals surface area contributed by atoms with Gasteiger partial charge in [-0.05, 0) is 29.3 Å². The quantitative estimate of drug-likeness (QED) is 0.736. The average Bonchev–Trinajstić information content (AvgIpc) is 2.81. The Kier molecular flexibility index (Phi) is 2.41. The van der Waals surface area contributed by atoms with E-state index in [2.05, 4.69) is 0 Å². The van der Waals surface area contributed by atoms with Gasteiger partial charge in [0.15, 0.2) is 0 Å². The van der Waals surface area contributed by atoms with Gasteiger partial charge in [-0.3, -0.25) is 9.69 Å². The Bertz CT molecular complexity index is 747. The molecule has 2 aromatic rings. The van der Waals surface area contributed by atoms with Crippen LogP contribution in [0, 0.1) is 11.6 Å². The molecule has 2 heterocycles. The van der Waals surface area contributed by atoms with Crippen molar-refractivity contribution in [3.8, 4) is 11.1 Å². The molecule has 2 aliphatic heterocycles. The molecule has 20 heavy (non-hydrogen) atoms. The molecule has 1 atom stereocenters. The highest BCUT2D eigenvalue weighted by atomic mass is 32.2. The maximum Gasteiger partial charge on any atom is 0.238 e. The molecule has 0 spiro atoms. The van der Waals surface area contributed by atoms with Crippen molar-refractivity contribution in [1.29, 1.82) is 0 Å². The van der Waals surface area contributed by atoms with Crippen molar-refractivity contribution >= 4 is 23.4 Å². The largest absolute Gasteiger partial charge is 0.291 e. The maximum atomic E-state index is 14.2. The first-order valence-corrected chi connectivity index (χ1v) is 7.23. The molecule has 5 heteroatoms. The standard InChI is InChI=1S/C15H9F2NOS/c16-8-4-5-10-11(6-8)9-2-1-3-12(17)14(9)18-13(19)7-20-15(10)18/h1-6,15H,7H2. The predicted octanol–water partition coefficient (Wildman–Crippen LogP) is 3.72. The summed E-state index contributed by atoms with van der Waals surface area (Å²) < 4.78 is 27.7. The van der Waals surface area contributed by atoms with Crippen molar-refractivity contribution in [2.75, 3.05) is 10.7 Å². The van der Waals surface area contributed by atoms with Crippen LogP contribution in [0.3, 0.4) is 0 Å². The van der Waals surface area contributed by atoms with Crippen LogP contribution in [0.1, 0.15) is 10.9 Å². The number of carbonyl (C=O) groups is 1. The topological polar surface area (TPSA) is 20.3 Å². The zero-order valence-electron chi connectivity index (χ0n) is 10.3. The number of thioether (sulfide) groups is 1. The third kappa shape index (κ3) is 1.47. The first-order chi connectivity index (χ1) is 9.66. The Balaban J connectivity index is 2.08. The molecule has 2 nitrogen and oxygen atoms in total. The van der Waals surface area contributed by atoms with Crippen molar-refractivity contribution in [2.45, 2.75) is 5.37 Å². The highest BCUT2D eigenvalue weighted by molar-refractivity contribution is 8.00.